The van der Waals surface area contributed by atoms with Crippen LogP contribution in [0.4, 0.5) is 5.69 Å². The van der Waals surface area contributed by atoms with Gasteiger partial charge in [-0.25, -0.2) is 21.9 Å². The normalized spacial score (nSPS) is 15.4. The van der Waals surface area contributed by atoms with Crippen molar-refractivity contribution in [1.29, 1.82) is 5.26 Å². The van der Waals surface area contributed by atoms with Crippen LogP contribution in [0.25, 0.3) is 28.2 Å². The van der Waals surface area contributed by atoms with Crippen molar-refractivity contribution in [1.82, 2.24) is 33.9 Å². The Morgan fingerprint density at radius 3 is 2.61 bits per heavy atom. The van der Waals surface area contributed by atoms with Crippen molar-refractivity contribution >= 4 is 21.2 Å². The number of aromatic nitrogens is 6. The van der Waals surface area contributed by atoms with Crippen LogP contribution in [-0.4, -0.2) is 67.7 Å². The van der Waals surface area contributed by atoms with E-state index in [2.05, 4.69) is 40.6 Å². The zero-order chi connectivity index (χ0) is 25.4. The maximum absolute atomic E-state index is 11.8. The maximum atomic E-state index is 11.8. The third-order valence-electron chi connectivity index (χ3n) is 6.29. The van der Waals surface area contributed by atoms with Gasteiger partial charge in [0.1, 0.15) is 11.8 Å². The summed E-state index contributed by atoms with van der Waals surface area (Å²) in [4.78, 5) is 4.70. The summed E-state index contributed by atoms with van der Waals surface area (Å²) >= 11 is 0. The Hall–Kier alpha value is -3.82. The Kier molecular flexibility index (Phi) is 6.19. The minimum absolute atomic E-state index is 0.0921. The first-order valence-electron chi connectivity index (χ1n) is 11.7. The largest absolute Gasteiger partial charge is 0.382 e. The zero-order valence-corrected chi connectivity index (χ0v) is 21.1. The smallest absolute Gasteiger partial charge is 0.211 e. The summed E-state index contributed by atoms with van der Waals surface area (Å²) in [6.07, 6.45) is 7.84. The Balaban J connectivity index is 1.45. The van der Waals surface area contributed by atoms with Crippen LogP contribution in [0.2, 0.25) is 0 Å². The molecule has 0 unspecified atom stereocenters. The molecule has 0 atom stereocenters. The van der Waals surface area contributed by atoms with Crippen LogP contribution in [0.3, 0.4) is 0 Å². The van der Waals surface area contributed by atoms with E-state index in [9.17, 15) is 8.42 Å². The number of nitriles is 1. The van der Waals surface area contributed by atoms with E-state index in [0.717, 1.165) is 28.2 Å². The molecule has 0 saturated carbocycles. The fraction of sp³-hybridized carbons (Fsp3) is 0.375. The summed E-state index contributed by atoms with van der Waals surface area (Å²) < 4.78 is 28.7. The van der Waals surface area contributed by atoms with Gasteiger partial charge >= 0.3 is 0 Å². The summed E-state index contributed by atoms with van der Waals surface area (Å²) in [5.74, 6) is 0. The van der Waals surface area contributed by atoms with E-state index in [-0.39, 0.29) is 12.1 Å². The van der Waals surface area contributed by atoms with Gasteiger partial charge in [0.25, 0.3) is 0 Å². The van der Waals surface area contributed by atoms with E-state index in [0.29, 0.717) is 37.2 Å². The van der Waals surface area contributed by atoms with Gasteiger partial charge < -0.3 is 5.32 Å². The van der Waals surface area contributed by atoms with Gasteiger partial charge in [-0.05, 0) is 51.0 Å². The summed E-state index contributed by atoms with van der Waals surface area (Å²) in [6, 6.07) is 9.99. The van der Waals surface area contributed by atoms with Gasteiger partial charge in [0.15, 0.2) is 0 Å². The second kappa shape index (κ2) is 9.33. The molecule has 0 aromatic carbocycles. The molecule has 186 valence electrons. The number of anilines is 1. The van der Waals surface area contributed by atoms with Gasteiger partial charge in [-0.15, -0.1) is 5.10 Å². The van der Waals surface area contributed by atoms with Crippen LogP contribution in [0.15, 0.2) is 42.9 Å². The third kappa shape index (κ3) is 4.67. The number of nitrogens with one attached hydrogen (secondary N) is 1. The summed E-state index contributed by atoms with van der Waals surface area (Å²) in [5.41, 5.74) is 5.26. The highest BCUT2D eigenvalue weighted by Crippen LogP contribution is 2.32. The topological polar surface area (TPSA) is 134 Å². The van der Waals surface area contributed by atoms with E-state index in [1.807, 2.05) is 29.1 Å². The van der Waals surface area contributed by atoms with Crippen molar-refractivity contribution in [3.63, 3.8) is 0 Å². The number of nitrogens with zero attached hydrogens (tertiary/aromatic N) is 8. The lowest BCUT2D eigenvalue weighted by molar-refractivity contribution is 0.259. The molecule has 11 nitrogen and oxygen atoms in total. The third-order valence-corrected chi connectivity index (χ3v) is 7.60. The summed E-state index contributed by atoms with van der Waals surface area (Å²) in [5, 5.41) is 25.8. The quantitative estimate of drug-likeness (QED) is 0.423. The molecular weight excluding hydrogens is 478 g/mol. The fourth-order valence-electron chi connectivity index (χ4n) is 4.50. The Morgan fingerprint density at radius 2 is 1.92 bits per heavy atom. The minimum atomic E-state index is -3.18. The second-order valence-corrected chi connectivity index (χ2v) is 11.3. The molecule has 36 heavy (non-hydrogen) atoms. The molecule has 0 radical (unpaired) electrons. The average molecular weight is 506 g/mol. The molecule has 0 aliphatic carbocycles. The minimum Gasteiger partial charge on any atom is -0.382 e. The summed E-state index contributed by atoms with van der Waals surface area (Å²) in [6.45, 7) is 5.08. The Labute approximate surface area is 209 Å². The number of fused-ring (bicyclic) bond motifs is 1. The molecule has 1 aliphatic heterocycles. The molecule has 1 fully saturated rings. The Morgan fingerprint density at radius 1 is 1.14 bits per heavy atom. The fourth-order valence-corrected chi connectivity index (χ4v) is 5.38. The number of pyridine rings is 1. The maximum Gasteiger partial charge on any atom is 0.211 e. The highest BCUT2D eigenvalue weighted by molar-refractivity contribution is 7.88. The number of rotatable bonds is 6. The van der Waals surface area contributed by atoms with Gasteiger partial charge in [0.05, 0.1) is 47.2 Å². The van der Waals surface area contributed by atoms with E-state index in [1.165, 1.54) is 16.8 Å². The van der Waals surface area contributed by atoms with Gasteiger partial charge in [-0.2, -0.15) is 10.4 Å². The molecule has 5 heterocycles. The van der Waals surface area contributed by atoms with Gasteiger partial charge in [-0.1, -0.05) is 5.21 Å². The first kappa shape index (κ1) is 23.9. The number of hydrogen-bond acceptors (Lipinski definition) is 8. The lowest BCUT2D eigenvalue weighted by atomic mass is 10.1. The molecular formula is C24H27N9O2S. The summed E-state index contributed by atoms with van der Waals surface area (Å²) in [7, 11) is -3.18. The molecule has 4 aromatic heterocycles. The predicted molar refractivity (Wildman–Crippen MR) is 136 cm³/mol. The van der Waals surface area contributed by atoms with Crippen LogP contribution in [-0.2, 0) is 10.0 Å². The van der Waals surface area contributed by atoms with Crippen molar-refractivity contribution in [2.75, 3.05) is 24.7 Å². The number of hydrogen-bond donors (Lipinski definition) is 1. The van der Waals surface area contributed by atoms with Crippen LogP contribution >= 0.6 is 0 Å². The highest BCUT2D eigenvalue weighted by atomic mass is 32.2. The standard InChI is InChI=1S/C24H27N9O2S/c1-16(2)28-21-11-22(24-5-4-19-10-17(12-25)13-27-33(19)24)26-14-20(21)23-15-32(30-29-23)18-6-8-31(9-7-18)36(3,34)35/h4-5,10-11,13-16,18H,6-9H2,1-3H3,(H,26,28). The van der Waals surface area contributed by atoms with Crippen LogP contribution in [0, 0.1) is 11.3 Å². The average Bonchev–Trinajstić information content (AvgIpc) is 3.50. The van der Waals surface area contributed by atoms with Crippen LogP contribution in [0.5, 0.6) is 0 Å². The molecule has 12 heteroatoms. The number of sulfonamides is 1. The van der Waals surface area contributed by atoms with E-state index < -0.39 is 10.0 Å². The monoisotopic (exact) mass is 505 g/mol. The predicted octanol–water partition coefficient (Wildman–Crippen LogP) is 2.94. The van der Waals surface area contributed by atoms with Gasteiger partial charge in [0.2, 0.25) is 10.0 Å². The zero-order valence-electron chi connectivity index (χ0n) is 20.3. The lowest BCUT2D eigenvalue weighted by Gasteiger charge is -2.29. The molecule has 5 rings (SSSR count). The SMILES string of the molecule is CC(C)Nc1cc(-c2ccc3cc(C#N)cnn23)ncc1-c1cn(C2CCN(S(C)(=O)=O)CC2)nn1. The molecule has 0 amide bonds. The molecule has 1 aliphatic rings. The van der Waals surface area contributed by atoms with Crippen molar-refractivity contribution < 1.29 is 8.42 Å². The van der Waals surface area contributed by atoms with Crippen LogP contribution < -0.4 is 5.32 Å². The van der Waals surface area contributed by atoms with E-state index in [1.54, 1.807) is 16.8 Å². The lowest BCUT2D eigenvalue weighted by Crippen LogP contribution is -2.38. The second-order valence-electron chi connectivity index (χ2n) is 9.30. The first-order chi connectivity index (χ1) is 17.2. The van der Waals surface area contributed by atoms with Crippen LogP contribution in [0.1, 0.15) is 38.3 Å². The molecule has 0 spiro atoms. The molecule has 1 N–H and O–H groups in total. The molecule has 4 aromatic rings. The van der Waals surface area contributed by atoms with Crippen molar-refractivity contribution in [3.8, 4) is 28.7 Å². The first-order valence-corrected chi connectivity index (χ1v) is 13.6. The van der Waals surface area contributed by atoms with Gasteiger partial charge in [-0.3, -0.25) is 4.98 Å². The molecule has 1 saturated heterocycles. The van der Waals surface area contributed by atoms with Crippen molar-refractivity contribution in [2.45, 2.75) is 38.8 Å². The van der Waals surface area contributed by atoms with E-state index in [4.69, 9.17) is 10.2 Å². The van der Waals surface area contributed by atoms with Gasteiger partial charge in [0, 0.05) is 36.6 Å². The molecule has 0 bridgehead atoms. The Bertz CT molecular complexity index is 1560. The number of piperidine rings is 1. The van der Waals surface area contributed by atoms with Crippen molar-refractivity contribution in [2.24, 2.45) is 0 Å². The van der Waals surface area contributed by atoms with Crippen molar-refractivity contribution in [3.05, 3.63) is 48.4 Å². The highest BCUT2D eigenvalue weighted by Gasteiger charge is 2.27. The van der Waals surface area contributed by atoms with E-state index >= 15 is 0 Å².